The summed E-state index contributed by atoms with van der Waals surface area (Å²) in [7, 11) is -3.64. The zero-order chi connectivity index (χ0) is 28.0. The second-order valence-corrected chi connectivity index (χ2v) is 11.1. The SMILES string of the molecule is CCS(=O)(=O)Nc1ncccc1CNc1nc(Nc2ccc(CNCC(C)(C)O)cc2)ncc1C(F)(F)F. The molecule has 0 radical (unpaired) electrons. The van der Waals surface area contributed by atoms with Crippen LogP contribution in [0.2, 0.25) is 0 Å². The van der Waals surface area contributed by atoms with E-state index in [1.165, 1.54) is 13.1 Å². The van der Waals surface area contributed by atoms with Crippen LogP contribution in [-0.2, 0) is 29.3 Å². The van der Waals surface area contributed by atoms with Crippen LogP contribution in [0.1, 0.15) is 37.5 Å². The molecule has 0 aliphatic heterocycles. The molecule has 0 aliphatic carbocycles. The number of rotatable bonds is 12. The molecule has 0 bridgehead atoms. The van der Waals surface area contributed by atoms with Gasteiger partial charge in [-0.25, -0.2) is 18.4 Å². The van der Waals surface area contributed by atoms with Crippen molar-refractivity contribution in [3.05, 3.63) is 65.5 Å². The van der Waals surface area contributed by atoms with E-state index in [0.29, 0.717) is 30.5 Å². The Bertz CT molecular complexity index is 1330. The number of benzene rings is 1. The zero-order valence-corrected chi connectivity index (χ0v) is 21.9. The van der Waals surface area contributed by atoms with Gasteiger partial charge in [0, 0.05) is 43.3 Å². The second kappa shape index (κ2) is 11.9. The van der Waals surface area contributed by atoms with Gasteiger partial charge in [-0.1, -0.05) is 18.2 Å². The largest absolute Gasteiger partial charge is 0.421 e. The van der Waals surface area contributed by atoms with Gasteiger partial charge in [-0.3, -0.25) is 4.72 Å². The highest BCUT2D eigenvalue weighted by Crippen LogP contribution is 2.34. The average molecular weight is 554 g/mol. The van der Waals surface area contributed by atoms with Crippen molar-refractivity contribution in [2.75, 3.05) is 27.7 Å². The minimum absolute atomic E-state index is 0.0138. The van der Waals surface area contributed by atoms with E-state index >= 15 is 0 Å². The highest BCUT2D eigenvalue weighted by atomic mass is 32.2. The molecule has 206 valence electrons. The van der Waals surface area contributed by atoms with E-state index in [4.69, 9.17) is 0 Å². The summed E-state index contributed by atoms with van der Waals surface area (Å²) in [5, 5.41) is 18.4. The van der Waals surface area contributed by atoms with Crippen LogP contribution in [0, 0.1) is 0 Å². The molecule has 5 N–H and O–H groups in total. The van der Waals surface area contributed by atoms with Gasteiger partial charge in [0.25, 0.3) is 0 Å². The number of alkyl halides is 3. The first-order chi connectivity index (χ1) is 17.8. The Morgan fingerprint density at radius 1 is 1.00 bits per heavy atom. The van der Waals surface area contributed by atoms with E-state index in [9.17, 15) is 26.7 Å². The average Bonchev–Trinajstić information content (AvgIpc) is 2.83. The number of nitrogens with zero attached hydrogens (tertiary/aromatic N) is 3. The van der Waals surface area contributed by atoms with Gasteiger partial charge in [0.15, 0.2) is 0 Å². The van der Waals surface area contributed by atoms with E-state index in [1.807, 2.05) is 12.1 Å². The first-order valence-corrected chi connectivity index (χ1v) is 13.3. The number of hydrogen-bond acceptors (Lipinski definition) is 9. The number of halogens is 3. The summed E-state index contributed by atoms with van der Waals surface area (Å²) in [6.07, 6.45) is -2.67. The summed E-state index contributed by atoms with van der Waals surface area (Å²) in [5.74, 6) is -0.712. The summed E-state index contributed by atoms with van der Waals surface area (Å²) in [6, 6.07) is 10.2. The van der Waals surface area contributed by atoms with Gasteiger partial charge in [0.1, 0.15) is 17.2 Å². The molecular formula is C24H30F3N7O3S. The predicted octanol–water partition coefficient (Wildman–Crippen LogP) is 3.87. The van der Waals surface area contributed by atoms with Gasteiger partial charge in [-0.2, -0.15) is 18.2 Å². The van der Waals surface area contributed by atoms with Crippen molar-refractivity contribution in [2.45, 2.75) is 45.6 Å². The van der Waals surface area contributed by atoms with Crippen molar-refractivity contribution in [2.24, 2.45) is 0 Å². The maximum absolute atomic E-state index is 13.6. The lowest BCUT2D eigenvalue weighted by Gasteiger charge is -2.18. The van der Waals surface area contributed by atoms with Crippen molar-refractivity contribution in [3.63, 3.8) is 0 Å². The lowest BCUT2D eigenvalue weighted by molar-refractivity contribution is -0.137. The van der Waals surface area contributed by atoms with Gasteiger partial charge in [0.05, 0.1) is 11.4 Å². The zero-order valence-electron chi connectivity index (χ0n) is 21.1. The maximum atomic E-state index is 13.6. The molecule has 1 aromatic carbocycles. The molecular weight excluding hydrogens is 523 g/mol. The molecule has 0 aliphatic rings. The first-order valence-electron chi connectivity index (χ1n) is 11.7. The number of sulfonamides is 1. The smallest absolute Gasteiger partial charge is 0.389 e. The number of aliphatic hydroxyl groups is 1. The van der Waals surface area contributed by atoms with E-state index in [0.717, 1.165) is 5.56 Å². The number of aromatic nitrogens is 3. The molecule has 0 fully saturated rings. The number of nitrogens with one attached hydrogen (secondary N) is 4. The van der Waals surface area contributed by atoms with Crippen LogP contribution < -0.4 is 20.7 Å². The minimum atomic E-state index is -4.72. The minimum Gasteiger partial charge on any atom is -0.389 e. The third-order valence-electron chi connectivity index (χ3n) is 5.16. The quantitative estimate of drug-likeness (QED) is 0.226. The Morgan fingerprint density at radius 2 is 1.71 bits per heavy atom. The van der Waals surface area contributed by atoms with Crippen LogP contribution in [0.15, 0.2) is 48.8 Å². The van der Waals surface area contributed by atoms with Gasteiger partial charge < -0.3 is 21.1 Å². The van der Waals surface area contributed by atoms with Crippen molar-refractivity contribution in [3.8, 4) is 0 Å². The fourth-order valence-corrected chi connectivity index (χ4v) is 3.83. The molecule has 2 heterocycles. The number of anilines is 4. The summed E-state index contributed by atoms with van der Waals surface area (Å²) in [6.45, 7) is 5.61. The monoisotopic (exact) mass is 553 g/mol. The van der Waals surface area contributed by atoms with E-state index < -0.39 is 33.2 Å². The molecule has 3 aromatic rings. The molecule has 10 nitrogen and oxygen atoms in total. The molecule has 3 rings (SSSR count). The van der Waals surface area contributed by atoms with Gasteiger partial charge in [-0.05, 0) is 44.5 Å². The molecule has 2 aromatic heterocycles. The molecule has 38 heavy (non-hydrogen) atoms. The highest BCUT2D eigenvalue weighted by Gasteiger charge is 2.35. The van der Waals surface area contributed by atoms with Gasteiger partial charge >= 0.3 is 6.18 Å². The molecule has 0 amide bonds. The first kappa shape index (κ1) is 29.1. The van der Waals surface area contributed by atoms with Crippen LogP contribution in [0.4, 0.5) is 36.4 Å². The number of pyridine rings is 1. The molecule has 0 spiro atoms. The fourth-order valence-electron chi connectivity index (χ4n) is 3.20. The van der Waals surface area contributed by atoms with Crippen LogP contribution in [0.5, 0.6) is 0 Å². The Morgan fingerprint density at radius 3 is 2.34 bits per heavy atom. The predicted molar refractivity (Wildman–Crippen MR) is 139 cm³/mol. The van der Waals surface area contributed by atoms with Crippen molar-refractivity contribution in [1.82, 2.24) is 20.3 Å². The summed E-state index contributed by atoms with van der Waals surface area (Å²) >= 11 is 0. The molecule has 0 saturated carbocycles. The third-order valence-corrected chi connectivity index (χ3v) is 6.43. The Labute approximate surface area is 219 Å². The van der Waals surface area contributed by atoms with Gasteiger partial charge in [-0.15, -0.1) is 0 Å². The van der Waals surface area contributed by atoms with Crippen LogP contribution in [-0.4, -0.2) is 46.4 Å². The van der Waals surface area contributed by atoms with Crippen LogP contribution in [0.25, 0.3) is 0 Å². The Hall–Kier alpha value is -3.49. The fraction of sp³-hybridized carbons (Fsp3) is 0.375. The summed E-state index contributed by atoms with van der Waals surface area (Å²) < 4.78 is 67.1. The van der Waals surface area contributed by atoms with Crippen molar-refractivity contribution in [1.29, 1.82) is 0 Å². The summed E-state index contributed by atoms with van der Waals surface area (Å²) in [4.78, 5) is 11.8. The highest BCUT2D eigenvalue weighted by molar-refractivity contribution is 7.92. The third kappa shape index (κ3) is 8.82. The normalized spacial score (nSPS) is 12.3. The van der Waals surface area contributed by atoms with Crippen molar-refractivity contribution >= 4 is 33.3 Å². The Balaban J connectivity index is 1.76. The van der Waals surface area contributed by atoms with Crippen LogP contribution >= 0.6 is 0 Å². The second-order valence-electron chi connectivity index (χ2n) is 9.06. The molecule has 0 atom stereocenters. The van der Waals surface area contributed by atoms with Crippen LogP contribution in [0.3, 0.4) is 0 Å². The number of hydrogen-bond donors (Lipinski definition) is 5. The molecule has 0 unspecified atom stereocenters. The van der Waals surface area contributed by atoms with Crippen molar-refractivity contribution < 1.29 is 26.7 Å². The van der Waals surface area contributed by atoms with E-state index in [2.05, 4.69) is 35.6 Å². The lowest BCUT2D eigenvalue weighted by atomic mass is 10.1. The topological polar surface area (TPSA) is 141 Å². The lowest BCUT2D eigenvalue weighted by Crippen LogP contribution is -2.34. The van der Waals surface area contributed by atoms with E-state index in [1.54, 1.807) is 38.1 Å². The Kier molecular flexibility index (Phi) is 9.12. The summed E-state index contributed by atoms with van der Waals surface area (Å²) in [5.41, 5.74) is -0.0718. The molecule has 14 heteroatoms. The standard InChI is InChI=1S/C24H30F3N7O3S/c1-4-38(36,37)34-20-17(6-5-11-29-20)13-30-21-19(24(25,26)27)14-31-22(33-21)32-18-9-7-16(8-10-18)12-28-15-23(2,3)35/h5-11,14,28,35H,4,12-13,15H2,1-3H3,(H,29,34)(H2,30,31,32,33). The molecule has 0 saturated heterocycles. The maximum Gasteiger partial charge on any atom is 0.421 e. The van der Waals surface area contributed by atoms with Gasteiger partial charge in [0.2, 0.25) is 16.0 Å². The van der Waals surface area contributed by atoms with E-state index in [-0.39, 0.29) is 24.1 Å².